The summed E-state index contributed by atoms with van der Waals surface area (Å²) in [5.41, 5.74) is 1.74. The summed E-state index contributed by atoms with van der Waals surface area (Å²) in [7, 11) is 0. The fourth-order valence-corrected chi connectivity index (χ4v) is 3.40. The van der Waals surface area contributed by atoms with Crippen molar-refractivity contribution in [2.75, 3.05) is 6.54 Å². The summed E-state index contributed by atoms with van der Waals surface area (Å²) >= 11 is 0. The van der Waals surface area contributed by atoms with Gasteiger partial charge in [-0.05, 0) is 49.8 Å². The van der Waals surface area contributed by atoms with Crippen molar-refractivity contribution in [3.63, 3.8) is 0 Å². The molecule has 3 rings (SSSR count). The Morgan fingerprint density at radius 3 is 2.64 bits per heavy atom. The number of amides is 1. The maximum Gasteiger partial charge on any atom is 0.354 e. The SMILES string of the molecule is O=C(O)c1ccc(C(=O)N2CCCC2CCCc2ccccc2)cn1. The fourth-order valence-electron chi connectivity index (χ4n) is 3.40. The van der Waals surface area contributed by atoms with E-state index < -0.39 is 5.97 Å². The van der Waals surface area contributed by atoms with Gasteiger partial charge in [-0.2, -0.15) is 0 Å². The molecule has 1 saturated heterocycles. The molecule has 5 heteroatoms. The van der Waals surface area contributed by atoms with E-state index in [1.807, 2.05) is 11.0 Å². The van der Waals surface area contributed by atoms with Crippen molar-refractivity contribution in [3.8, 4) is 0 Å². The average Bonchev–Trinajstić information content (AvgIpc) is 3.10. The van der Waals surface area contributed by atoms with Gasteiger partial charge in [-0.25, -0.2) is 9.78 Å². The van der Waals surface area contributed by atoms with Crippen molar-refractivity contribution >= 4 is 11.9 Å². The van der Waals surface area contributed by atoms with Gasteiger partial charge in [-0.1, -0.05) is 30.3 Å². The Morgan fingerprint density at radius 1 is 1.16 bits per heavy atom. The van der Waals surface area contributed by atoms with Crippen LogP contribution in [0.3, 0.4) is 0 Å². The standard InChI is InChI=1S/C20H22N2O3/c23-19(16-11-12-18(20(24)25)21-14-16)22-13-5-10-17(22)9-4-8-15-6-2-1-3-7-15/h1-3,6-7,11-12,14,17H,4-5,8-10,13H2,(H,24,25). The van der Waals surface area contributed by atoms with Gasteiger partial charge in [0.1, 0.15) is 5.69 Å². The van der Waals surface area contributed by atoms with Gasteiger partial charge < -0.3 is 10.0 Å². The Bertz CT molecular complexity index is 728. The predicted molar refractivity (Wildman–Crippen MR) is 94.6 cm³/mol. The number of hydrogen-bond acceptors (Lipinski definition) is 3. The van der Waals surface area contributed by atoms with Crippen LogP contribution in [0.15, 0.2) is 48.7 Å². The molecule has 25 heavy (non-hydrogen) atoms. The molecular weight excluding hydrogens is 316 g/mol. The smallest absolute Gasteiger partial charge is 0.354 e. The Hall–Kier alpha value is -2.69. The number of pyridine rings is 1. The summed E-state index contributed by atoms with van der Waals surface area (Å²) in [6, 6.07) is 13.6. The lowest BCUT2D eigenvalue weighted by Gasteiger charge is -2.24. The number of nitrogens with zero attached hydrogens (tertiary/aromatic N) is 2. The highest BCUT2D eigenvalue weighted by atomic mass is 16.4. The highest BCUT2D eigenvalue weighted by Crippen LogP contribution is 2.24. The largest absolute Gasteiger partial charge is 0.477 e. The van der Waals surface area contributed by atoms with E-state index in [9.17, 15) is 9.59 Å². The molecule has 1 aromatic heterocycles. The van der Waals surface area contributed by atoms with Crippen molar-refractivity contribution in [1.29, 1.82) is 0 Å². The van der Waals surface area contributed by atoms with E-state index in [-0.39, 0.29) is 17.6 Å². The summed E-state index contributed by atoms with van der Waals surface area (Å²) in [6.45, 7) is 0.759. The first kappa shape index (κ1) is 17.1. The molecule has 2 heterocycles. The average molecular weight is 338 g/mol. The van der Waals surface area contributed by atoms with E-state index in [1.165, 1.54) is 17.8 Å². The molecule has 0 saturated carbocycles. The first-order chi connectivity index (χ1) is 12.1. The van der Waals surface area contributed by atoms with Gasteiger partial charge in [-0.3, -0.25) is 4.79 Å². The summed E-state index contributed by atoms with van der Waals surface area (Å²) in [4.78, 5) is 29.3. The van der Waals surface area contributed by atoms with Crippen molar-refractivity contribution < 1.29 is 14.7 Å². The second-order valence-electron chi connectivity index (χ2n) is 6.41. The zero-order chi connectivity index (χ0) is 17.6. The molecule has 0 radical (unpaired) electrons. The lowest BCUT2D eigenvalue weighted by molar-refractivity contribution is 0.0685. The molecule has 0 aliphatic carbocycles. The van der Waals surface area contributed by atoms with Gasteiger partial charge in [-0.15, -0.1) is 0 Å². The third-order valence-corrected chi connectivity index (χ3v) is 4.71. The lowest BCUT2D eigenvalue weighted by Crippen LogP contribution is -2.35. The number of aromatic nitrogens is 1. The molecule has 1 N–H and O–H groups in total. The molecule has 1 unspecified atom stereocenters. The molecule has 1 aliphatic rings. The highest BCUT2D eigenvalue weighted by Gasteiger charge is 2.29. The zero-order valence-corrected chi connectivity index (χ0v) is 14.1. The highest BCUT2D eigenvalue weighted by molar-refractivity contribution is 5.95. The number of aryl methyl sites for hydroxylation is 1. The molecule has 1 atom stereocenters. The second-order valence-corrected chi connectivity index (χ2v) is 6.41. The minimum Gasteiger partial charge on any atom is -0.477 e. The van der Waals surface area contributed by atoms with Crippen LogP contribution in [0.25, 0.3) is 0 Å². The van der Waals surface area contributed by atoms with Crippen LogP contribution in [-0.2, 0) is 6.42 Å². The van der Waals surface area contributed by atoms with Crippen LogP contribution in [0.2, 0.25) is 0 Å². The van der Waals surface area contributed by atoms with E-state index in [1.54, 1.807) is 6.07 Å². The summed E-state index contributed by atoms with van der Waals surface area (Å²) < 4.78 is 0. The quantitative estimate of drug-likeness (QED) is 0.876. The van der Waals surface area contributed by atoms with E-state index in [2.05, 4.69) is 29.2 Å². The number of carbonyl (C=O) groups excluding carboxylic acids is 1. The van der Waals surface area contributed by atoms with E-state index in [0.29, 0.717) is 5.56 Å². The zero-order valence-electron chi connectivity index (χ0n) is 14.1. The number of carboxylic acid groups (broad SMARTS) is 1. The number of carboxylic acids is 1. The molecule has 5 nitrogen and oxygen atoms in total. The van der Waals surface area contributed by atoms with Crippen LogP contribution >= 0.6 is 0 Å². The molecule has 2 aromatic rings. The molecule has 130 valence electrons. The van der Waals surface area contributed by atoms with Gasteiger partial charge in [0.05, 0.1) is 5.56 Å². The number of carbonyl (C=O) groups is 2. The minimum atomic E-state index is -1.08. The van der Waals surface area contributed by atoms with Crippen molar-refractivity contribution in [2.45, 2.75) is 38.1 Å². The first-order valence-corrected chi connectivity index (χ1v) is 8.69. The van der Waals surface area contributed by atoms with Gasteiger partial charge in [0.15, 0.2) is 0 Å². The van der Waals surface area contributed by atoms with Crippen LogP contribution in [0.4, 0.5) is 0 Å². The predicted octanol–water partition coefficient (Wildman–Crippen LogP) is 3.41. The maximum absolute atomic E-state index is 12.7. The Morgan fingerprint density at radius 2 is 1.96 bits per heavy atom. The van der Waals surface area contributed by atoms with Crippen molar-refractivity contribution in [3.05, 3.63) is 65.5 Å². The Kier molecular flexibility index (Phi) is 5.43. The first-order valence-electron chi connectivity index (χ1n) is 8.69. The van der Waals surface area contributed by atoms with Crippen LogP contribution in [0, 0.1) is 0 Å². The number of rotatable bonds is 6. The van der Waals surface area contributed by atoms with Crippen molar-refractivity contribution in [1.82, 2.24) is 9.88 Å². The number of aromatic carboxylic acids is 1. The lowest BCUT2D eigenvalue weighted by atomic mass is 10.0. The van der Waals surface area contributed by atoms with E-state index in [4.69, 9.17) is 5.11 Å². The van der Waals surface area contributed by atoms with Crippen molar-refractivity contribution in [2.24, 2.45) is 0 Å². The molecule has 0 spiro atoms. The summed E-state index contributed by atoms with van der Waals surface area (Å²) in [5.74, 6) is -1.13. The maximum atomic E-state index is 12.7. The molecule has 0 bridgehead atoms. The van der Waals surface area contributed by atoms with Gasteiger partial charge in [0, 0.05) is 18.8 Å². The summed E-state index contributed by atoms with van der Waals surface area (Å²) in [5, 5.41) is 8.90. The molecule has 1 amide bonds. The number of hydrogen-bond donors (Lipinski definition) is 1. The van der Waals surface area contributed by atoms with E-state index in [0.717, 1.165) is 38.6 Å². The summed E-state index contributed by atoms with van der Waals surface area (Å²) in [6.07, 6.45) is 6.47. The van der Waals surface area contributed by atoms with E-state index >= 15 is 0 Å². The molecule has 1 aromatic carbocycles. The topological polar surface area (TPSA) is 70.5 Å². The third kappa shape index (κ3) is 4.24. The Labute approximate surface area is 147 Å². The van der Waals surface area contributed by atoms with Gasteiger partial charge >= 0.3 is 5.97 Å². The van der Waals surface area contributed by atoms with Crippen LogP contribution in [0.5, 0.6) is 0 Å². The number of likely N-dealkylation sites (tertiary alicyclic amines) is 1. The molecular formula is C20H22N2O3. The molecule has 1 aliphatic heterocycles. The normalized spacial score (nSPS) is 16.8. The third-order valence-electron chi connectivity index (χ3n) is 4.71. The van der Waals surface area contributed by atoms with Crippen LogP contribution in [0.1, 0.15) is 52.1 Å². The van der Waals surface area contributed by atoms with Gasteiger partial charge in [0.2, 0.25) is 0 Å². The fraction of sp³-hybridized carbons (Fsp3) is 0.350. The van der Waals surface area contributed by atoms with Crippen LogP contribution < -0.4 is 0 Å². The number of benzene rings is 1. The Balaban J connectivity index is 1.58. The van der Waals surface area contributed by atoms with Crippen LogP contribution in [-0.4, -0.2) is 39.5 Å². The van der Waals surface area contributed by atoms with Gasteiger partial charge in [0.25, 0.3) is 5.91 Å². The monoisotopic (exact) mass is 338 g/mol. The second kappa shape index (κ2) is 7.92. The molecule has 1 fully saturated rings. The minimum absolute atomic E-state index is 0.0441.